The SMILES string of the molecule is CCCCCCCCCCCCC#CC1=C(c2ccc(CCCCCCCC)cc2)[N+](=[N-])C(c2ccc(CCCCCCCC)cc2)=C1CCCCCCCC.[CH3-].[CH3-].[Ni+2]. The van der Waals surface area contributed by atoms with Gasteiger partial charge < -0.3 is 20.4 Å². The molecule has 3 heteroatoms. The number of unbranched alkanes of at least 4 members (excludes halogenated alkanes) is 25. The van der Waals surface area contributed by atoms with Gasteiger partial charge in [0.1, 0.15) is 5.57 Å². The van der Waals surface area contributed by atoms with Crippen LogP contribution in [-0.4, -0.2) is 4.70 Å². The maximum atomic E-state index is 12.2. The van der Waals surface area contributed by atoms with Crippen molar-refractivity contribution >= 4 is 11.4 Å². The summed E-state index contributed by atoms with van der Waals surface area (Å²) in [6.45, 7) is 9.16. The first-order valence-electron chi connectivity index (χ1n) is 24.3. The molecule has 3 rings (SSSR count). The molecule has 334 valence electrons. The van der Waals surface area contributed by atoms with E-state index in [0.717, 1.165) is 66.6 Å². The predicted molar refractivity (Wildman–Crippen MR) is 260 cm³/mol. The van der Waals surface area contributed by atoms with Gasteiger partial charge in [-0.15, -0.1) is 0 Å². The van der Waals surface area contributed by atoms with Crippen LogP contribution in [0.25, 0.3) is 16.9 Å². The van der Waals surface area contributed by atoms with E-state index in [-0.39, 0.29) is 31.3 Å². The number of aryl methyl sites for hydroxylation is 2. The van der Waals surface area contributed by atoms with Crippen LogP contribution in [0.2, 0.25) is 0 Å². The molecule has 0 atom stereocenters. The maximum absolute atomic E-state index is 12.2. The Labute approximate surface area is 378 Å². The van der Waals surface area contributed by atoms with Crippen molar-refractivity contribution in [2.45, 2.75) is 233 Å². The second kappa shape index (κ2) is 37.3. The summed E-state index contributed by atoms with van der Waals surface area (Å²) in [4.78, 5) is 0. The summed E-state index contributed by atoms with van der Waals surface area (Å²) in [5.74, 6) is 7.33. The molecule has 0 aromatic heterocycles. The van der Waals surface area contributed by atoms with Crippen molar-refractivity contribution in [1.82, 2.24) is 0 Å². The van der Waals surface area contributed by atoms with Crippen LogP contribution in [-0.2, 0) is 29.3 Å². The molecule has 0 radical (unpaired) electrons. The van der Waals surface area contributed by atoms with Gasteiger partial charge in [-0.25, -0.2) is 4.70 Å². The van der Waals surface area contributed by atoms with E-state index in [1.54, 1.807) is 0 Å². The zero-order valence-corrected chi connectivity index (χ0v) is 40.4. The minimum absolute atomic E-state index is 0. The molecular formula is C56H90N2Ni. The van der Waals surface area contributed by atoms with E-state index >= 15 is 0 Å². The molecule has 2 nitrogen and oxygen atoms in total. The Balaban J connectivity index is 0.0000112. The minimum Gasteiger partial charge on any atom is -0.493 e. The summed E-state index contributed by atoms with van der Waals surface area (Å²) in [5.41, 5.74) is 21.3. The molecule has 1 aliphatic rings. The van der Waals surface area contributed by atoms with Crippen LogP contribution in [0.15, 0.2) is 59.7 Å². The number of benzene rings is 2. The fraction of sp³-hybridized carbons (Fsp3) is 0.643. The van der Waals surface area contributed by atoms with Gasteiger partial charge in [-0.05, 0) is 80.3 Å². The fourth-order valence-electron chi connectivity index (χ4n) is 8.36. The maximum Gasteiger partial charge on any atom is 2.00 e. The largest absolute Gasteiger partial charge is 2.00 e. The van der Waals surface area contributed by atoms with E-state index in [4.69, 9.17) is 0 Å². The van der Waals surface area contributed by atoms with E-state index < -0.39 is 0 Å². The Morgan fingerprint density at radius 1 is 0.407 bits per heavy atom. The molecule has 0 spiro atoms. The summed E-state index contributed by atoms with van der Waals surface area (Å²) in [6.07, 6.45) is 40.9. The number of hydrogen-bond acceptors (Lipinski definition) is 0. The molecule has 0 amide bonds. The molecule has 59 heavy (non-hydrogen) atoms. The van der Waals surface area contributed by atoms with Gasteiger partial charge in [0, 0.05) is 23.1 Å². The molecule has 0 bridgehead atoms. The van der Waals surface area contributed by atoms with E-state index in [0.29, 0.717) is 0 Å². The Hall–Kier alpha value is -2.43. The Morgan fingerprint density at radius 3 is 1.12 bits per heavy atom. The second-order valence-corrected chi connectivity index (χ2v) is 17.0. The Bertz CT molecular complexity index is 1450. The molecule has 0 N–H and O–H groups in total. The van der Waals surface area contributed by atoms with Gasteiger partial charge in [-0.3, -0.25) is 0 Å². The van der Waals surface area contributed by atoms with Crippen molar-refractivity contribution in [3.05, 3.63) is 102 Å². The zero-order chi connectivity index (χ0) is 39.9. The van der Waals surface area contributed by atoms with E-state index in [1.807, 2.05) is 0 Å². The fourth-order valence-corrected chi connectivity index (χ4v) is 8.36. The third-order valence-corrected chi connectivity index (χ3v) is 12.0. The van der Waals surface area contributed by atoms with Crippen molar-refractivity contribution in [1.29, 1.82) is 0 Å². The molecule has 0 aliphatic carbocycles. The normalized spacial score (nSPS) is 12.2. The summed E-state index contributed by atoms with van der Waals surface area (Å²) in [7, 11) is 0. The molecular weight excluding hydrogens is 759 g/mol. The van der Waals surface area contributed by atoms with Crippen LogP contribution < -0.4 is 0 Å². The van der Waals surface area contributed by atoms with E-state index in [2.05, 4.69) is 88.1 Å². The van der Waals surface area contributed by atoms with Gasteiger partial charge in [-0.1, -0.05) is 218 Å². The van der Waals surface area contributed by atoms with Crippen molar-refractivity contribution in [2.24, 2.45) is 0 Å². The topological polar surface area (TPSA) is 25.3 Å². The number of nitrogens with zero attached hydrogens (tertiary/aromatic N) is 2. The molecule has 0 saturated carbocycles. The van der Waals surface area contributed by atoms with E-state index in [9.17, 15) is 5.53 Å². The smallest absolute Gasteiger partial charge is 0.493 e. The predicted octanol–water partition coefficient (Wildman–Crippen LogP) is 18.6. The van der Waals surface area contributed by atoms with Gasteiger partial charge in [0.2, 0.25) is 11.4 Å². The van der Waals surface area contributed by atoms with Gasteiger partial charge in [0.25, 0.3) is 0 Å². The third kappa shape index (κ3) is 22.8. The Morgan fingerprint density at radius 2 is 0.729 bits per heavy atom. The monoisotopic (exact) mass is 849 g/mol. The molecule has 1 aliphatic heterocycles. The third-order valence-electron chi connectivity index (χ3n) is 12.0. The van der Waals surface area contributed by atoms with E-state index in [1.165, 1.54) is 188 Å². The van der Waals surface area contributed by atoms with Crippen molar-refractivity contribution < 1.29 is 21.2 Å². The van der Waals surface area contributed by atoms with Crippen molar-refractivity contribution in [3.8, 4) is 11.8 Å². The van der Waals surface area contributed by atoms with Gasteiger partial charge in [0.15, 0.2) is 0 Å². The van der Waals surface area contributed by atoms with Crippen LogP contribution >= 0.6 is 0 Å². The van der Waals surface area contributed by atoms with Crippen LogP contribution in [0.3, 0.4) is 0 Å². The minimum atomic E-state index is 0. The van der Waals surface area contributed by atoms with Gasteiger partial charge in [-0.2, -0.15) is 0 Å². The number of hydrogen-bond donors (Lipinski definition) is 0. The zero-order valence-electron chi connectivity index (χ0n) is 39.5. The number of rotatable bonds is 33. The van der Waals surface area contributed by atoms with Crippen molar-refractivity contribution in [3.63, 3.8) is 0 Å². The van der Waals surface area contributed by atoms with Gasteiger partial charge in [0.05, 0.1) is 0 Å². The van der Waals surface area contributed by atoms with Crippen LogP contribution in [0, 0.1) is 26.7 Å². The molecule has 1 heterocycles. The van der Waals surface area contributed by atoms with Crippen molar-refractivity contribution in [2.75, 3.05) is 0 Å². The summed E-state index contributed by atoms with van der Waals surface area (Å²) in [5, 5.41) is 0. The first-order chi connectivity index (χ1) is 27.6. The first-order valence-corrected chi connectivity index (χ1v) is 24.3. The average molecular weight is 850 g/mol. The van der Waals surface area contributed by atoms with Crippen LogP contribution in [0.1, 0.15) is 243 Å². The van der Waals surface area contributed by atoms with Crippen LogP contribution in [0.5, 0.6) is 0 Å². The molecule has 0 saturated heterocycles. The molecule has 0 unspecified atom stereocenters. The number of allylic oxidation sites excluding steroid dienone is 2. The molecule has 2 aromatic rings. The van der Waals surface area contributed by atoms with Crippen LogP contribution in [0.4, 0.5) is 0 Å². The summed E-state index contributed by atoms with van der Waals surface area (Å²) >= 11 is 0. The first kappa shape index (κ1) is 56.6. The molecule has 2 aromatic carbocycles. The second-order valence-electron chi connectivity index (χ2n) is 17.0. The quantitative estimate of drug-likeness (QED) is 0.0225. The summed E-state index contributed by atoms with van der Waals surface area (Å²) in [6, 6.07) is 18.2. The Kier molecular flexibility index (Phi) is 35.8. The summed E-state index contributed by atoms with van der Waals surface area (Å²) < 4.78 is 1.52. The standard InChI is InChI=1S/C54H84N2.2CH3.Ni/c1-5-9-13-17-21-22-23-24-25-26-30-34-38-52-51(37-33-29-20-16-12-8-4)53(49-43-39-47(40-44-49)35-31-27-18-14-10-6-2)56(55)54(52)50-45-41-48(42-46-50)36-32-28-19-15-11-7-3;;;/h39-46H,5-33,35-37H2,1-4H3;2*1H3;/q;2*-1;+2. The average Bonchev–Trinajstić information content (AvgIpc) is 3.49. The molecule has 0 fully saturated rings. The van der Waals surface area contributed by atoms with Gasteiger partial charge >= 0.3 is 16.5 Å².